The summed E-state index contributed by atoms with van der Waals surface area (Å²) in [6, 6.07) is 0. The Balaban J connectivity index is 1.68. The molecule has 0 aromatic heterocycles. The normalized spacial score (nSPS) is 25.6. The summed E-state index contributed by atoms with van der Waals surface area (Å²) in [6.07, 6.45) is 4.63. The van der Waals surface area contributed by atoms with Crippen molar-refractivity contribution < 1.29 is 14.3 Å². The number of ether oxygens (including phenoxy) is 2. The lowest BCUT2D eigenvalue weighted by Gasteiger charge is -2.24. The number of aliphatic imine (C=N–C) groups is 1. The van der Waals surface area contributed by atoms with E-state index in [0.29, 0.717) is 11.8 Å². The minimum absolute atomic E-state index is 0.137. The minimum atomic E-state index is -0.137. The minimum Gasteiger partial charge on any atom is -0.469 e. The smallest absolute Gasteiger partial charge is 0.305 e. The number of hydrogen-bond donors (Lipinski definition) is 1. The number of esters is 1. The van der Waals surface area contributed by atoms with Gasteiger partial charge in [-0.2, -0.15) is 0 Å². The summed E-state index contributed by atoms with van der Waals surface area (Å²) >= 11 is 0. The van der Waals surface area contributed by atoms with Gasteiger partial charge in [-0.25, -0.2) is 0 Å². The number of guanidine groups is 1. The molecule has 6 nitrogen and oxygen atoms in total. The highest BCUT2D eigenvalue weighted by Gasteiger charge is 2.42. The van der Waals surface area contributed by atoms with E-state index in [4.69, 9.17) is 4.74 Å². The van der Waals surface area contributed by atoms with Crippen LogP contribution in [-0.2, 0) is 14.3 Å². The van der Waals surface area contributed by atoms with Crippen LogP contribution in [0.1, 0.15) is 32.1 Å². The van der Waals surface area contributed by atoms with E-state index in [1.54, 1.807) is 0 Å². The fraction of sp³-hybridized carbons (Fsp3) is 0.867. The summed E-state index contributed by atoms with van der Waals surface area (Å²) in [7, 11) is 3.26. The van der Waals surface area contributed by atoms with Gasteiger partial charge in [-0.3, -0.25) is 9.79 Å². The van der Waals surface area contributed by atoms with Crippen molar-refractivity contribution in [2.45, 2.75) is 32.1 Å². The van der Waals surface area contributed by atoms with Gasteiger partial charge in [0.25, 0.3) is 0 Å². The zero-order valence-corrected chi connectivity index (χ0v) is 13.2. The number of methoxy groups -OCH3 is 1. The Labute approximate surface area is 126 Å². The average molecular weight is 297 g/mol. The van der Waals surface area contributed by atoms with Crippen LogP contribution in [0, 0.1) is 5.41 Å². The van der Waals surface area contributed by atoms with Crippen molar-refractivity contribution in [1.82, 2.24) is 10.2 Å². The number of hydrogen-bond acceptors (Lipinski definition) is 4. The number of likely N-dealkylation sites (tertiary alicyclic amines) is 1. The van der Waals surface area contributed by atoms with Crippen molar-refractivity contribution in [3.8, 4) is 0 Å². The van der Waals surface area contributed by atoms with Crippen LogP contribution in [-0.4, -0.2) is 63.8 Å². The third-order valence-corrected chi connectivity index (χ3v) is 4.45. The molecule has 0 amide bonds. The van der Waals surface area contributed by atoms with Crippen LogP contribution < -0.4 is 5.32 Å². The lowest BCUT2D eigenvalue weighted by molar-refractivity contribution is -0.140. The van der Waals surface area contributed by atoms with E-state index in [9.17, 15) is 4.79 Å². The van der Waals surface area contributed by atoms with Crippen molar-refractivity contribution in [1.29, 1.82) is 0 Å². The third-order valence-electron chi connectivity index (χ3n) is 4.45. The fourth-order valence-corrected chi connectivity index (χ4v) is 3.12. The second-order valence-electron chi connectivity index (χ2n) is 5.98. The van der Waals surface area contributed by atoms with Crippen molar-refractivity contribution in [3.05, 3.63) is 0 Å². The molecule has 0 aromatic carbocycles. The van der Waals surface area contributed by atoms with Gasteiger partial charge >= 0.3 is 5.97 Å². The number of unbranched alkanes of at least 4 members (excludes halogenated alkanes) is 1. The molecule has 0 bridgehead atoms. The average Bonchev–Trinajstić information content (AvgIpc) is 3.13. The predicted octanol–water partition coefficient (Wildman–Crippen LogP) is 1.02. The van der Waals surface area contributed by atoms with Gasteiger partial charge in [-0.05, 0) is 25.7 Å². The molecule has 2 fully saturated rings. The summed E-state index contributed by atoms with van der Waals surface area (Å²) in [5.41, 5.74) is 0.350. The van der Waals surface area contributed by atoms with Gasteiger partial charge < -0.3 is 19.7 Å². The first-order valence-corrected chi connectivity index (χ1v) is 7.79. The maximum Gasteiger partial charge on any atom is 0.305 e. The number of nitrogens with zero attached hydrogens (tertiary/aromatic N) is 2. The molecule has 6 heteroatoms. The highest BCUT2D eigenvalue weighted by molar-refractivity contribution is 5.80. The van der Waals surface area contributed by atoms with E-state index in [-0.39, 0.29) is 5.97 Å². The van der Waals surface area contributed by atoms with E-state index in [2.05, 4.69) is 19.9 Å². The zero-order chi connectivity index (χ0) is 15.1. The molecule has 1 N–H and O–H groups in total. The maximum atomic E-state index is 11.0. The molecule has 2 saturated heterocycles. The molecule has 120 valence electrons. The summed E-state index contributed by atoms with van der Waals surface area (Å²) in [6.45, 7) is 4.71. The second kappa shape index (κ2) is 7.64. The monoisotopic (exact) mass is 297 g/mol. The SMILES string of the molecule is CN=C(NCCCCC(=O)OC)N1CCC2(CCOC2)C1. The van der Waals surface area contributed by atoms with E-state index in [1.807, 2.05) is 7.05 Å². The first kappa shape index (κ1) is 16.1. The Bertz CT molecular complexity index is 378. The molecule has 2 aliphatic rings. The first-order chi connectivity index (χ1) is 10.2. The van der Waals surface area contributed by atoms with E-state index >= 15 is 0 Å². The lowest BCUT2D eigenvalue weighted by atomic mass is 9.87. The zero-order valence-electron chi connectivity index (χ0n) is 13.2. The van der Waals surface area contributed by atoms with Crippen LogP contribution in [0.4, 0.5) is 0 Å². The summed E-state index contributed by atoms with van der Waals surface area (Å²) < 4.78 is 10.2. The van der Waals surface area contributed by atoms with Crippen LogP contribution in [0.3, 0.4) is 0 Å². The number of rotatable bonds is 5. The molecule has 1 unspecified atom stereocenters. The van der Waals surface area contributed by atoms with Gasteiger partial charge in [0.15, 0.2) is 5.96 Å². The number of nitrogens with one attached hydrogen (secondary N) is 1. The quantitative estimate of drug-likeness (QED) is 0.355. The Kier molecular flexibility index (Phi) is 5.85. The van der Waals surface area contributed by atoms with Crippen LogP contribution >= 0.6 is 0 Å². The molecule has 0 aromatic rings. The molecule has 1 atom stereocenters. The van der Waals surface area contributed by atoms with Gasteiger partial charge in [0, 0.05) is 45.1 Å². The van der Waals surface area contributed by atoms with Gasteiger partial charge in [0.2, 0.25) is 0 Å². The summed E-state index contributed by atoms with van der Waals surface area (Å²) in [5.74, 6) is 0.832. The Morgan fingerprint density at radius 2 is 2.29 bits per heavy atom. The standard InChI is InChI=1S/C15H27N3O3/c1-16-14(17-8-4-3-5-13(19)20-2)18-9-6-15(11-18)7-10-21-12-15/h3-12H2,1-2H3,(H,16,17). The molecule has 0 radical (unpaired) electrons. The fourth-order valence-electron chi connectivity index (χ4n) is 3.12. The Hall–Kier alpha value is -1.30. The molecule has 21 heavy (non-hydrogen) atoms. The molecule has 0 saturated carbocycles. The molecule has 2 aliphatic heterocycles. The third kappa shape index (κ3) is 4.33. The highest BCUT2D eigenvalue weighted by atomic mass is 16.5. The van der Waals surface area contributed by atoms with Gasteiger partial charge in [0.1, 0.15) is 0 Å². The van der Waals surface area contributed by atoms with Crippen LogP contribution in [0.25, 0.3) is 0 Å². The van der Waals surface area contributed by atoms with Crippen molar-refractivity contribution >= 4 is 11.9 Å². The molecular formula is C15H27N3O3. The lowest BCUT2D eigenvalue weighted by Crippen LogP contribution is -2.41. The molecular weight excluding hydrogens is 270 g/mol. The second-order valence-corrected chi connectivity index (χ2v) is 5.98. The summed E-state index contributed by atoms with van der Waals surface area (Å²) in [4.78, 5) is 17.7. The largest absolute Gasteiger partial charge is 0.469 e. The molecule has 1 spiro atoms. The number of carbonyl (C=O) groups is 1. The number of carbonyl (C=O) groups excluding carboxylic acids is 1. The van der Waals surface area contributed by atoms with Crippen LogP contribution in [0.5, 0.6) is 0 Å². The van der Waals surface area contributed by atoms with E-state index in [1.165, 1.54) is 20.0 Å². The Morgan fingerprint density at radius 1 is 1.43 bits per heavy atom. The summed E-state index contributed by atoms with van der Waals surface area (Å²) in [5, 5.41) is 3.39. The Morgan fingerprint density at radius 3 is 2.95 bits per heavy atom. The van der Waals surface area contributed by atoms with Gasteiger partial charge in [-0.15, -0.1) is 0 Å². The van der Waals surface area contributed by atoms with Crippen LogP contribution in [0.2, 0.25) is 0 Å². The molecule has 0 aliphatic carbocycles. The van der Waals surface area contributed by atoms with E-state index < -0.39 is 0 Å². The topological polar surface area (TPSA) is 63.2 Å². The predicted molar refractivity (Wildman–Crippen MR) is 81.3 cm³/mol. The molecule has 2 rings (SSSR count). The van der Waals surface area contributed by atoms with Gasteiger partial charge in [-0.1, -0.05) is 0 Å². The van der Waals surface area contributed by atoms with E-state index in [0.717, 1.165) is 51.6 Å². The highest BCUT2D eigenvalue weighted by Crippen LogP contribution is 2.38. The van der Waals surface area contributed by atoms with Gasteiger partial charge in [0.05, 0.1) is 13.7 Å². The van der Waals surface area contributed by atoms with Crippen molar-refractivity contribution in [2.75, 3.05) is 47.0 Å². The molecule has 2 heterocycles. The van der Waals surface area contributed by atoms with Crippen molar-refractivity contribution in [2.24, 2.45) is 10.4 Å². The van der Waals surface area contributed by atoms with Crippen LogP contribution in [0.15, 0.2) is 4.99 Å². The van der Waals surface area contributed by atoms with Crippen molar-refractivity contribution in [3.63, 3.8) is 0 Å². The first-order valence-electron chi connectivity index (χ1n) is 7.79. The maximum absolute atomic E-state index is 11.0.